The second-order valence-corrected chi connectivity index (χ2v) is 4.52. The Morgan fingerprint density at radius 3 is 2.41 bits per heavy atom. The lowest BCUT2D eigenvalue weighted by Gasteiger charge is -2.36. The summed E-state index contributed by atoms with van der Waals surface area (Å²) in [6.45, 7) is 5.30. The SMILES string of the molecule is C[C@H]1CN(c2cc(=O)n(C)c(=O)[nH]2)C[C@H](C)O1. The van der Waals surface area contributed by atoms with Crippen LogP contribution in [0.5, 0.6) is 0 Å². The van der Waals surface area contributed by atoms with Crippen LogP contribution in [-0.2, 0) is 11.8 Å². The largest absolute Gasteiger partial charge is 0.372 e. The van der Waals surface area contributed by atoms with E-state index in [9.17, 15) is 9.59 Å². The number of H-pyrrole nitrogens is 1. The zero-order valence-corrected chi connectivity index (χ0v) is 10.3. The van der Waals surface area contributed by atoms with Gasteiger partial charge in [0.25, 0.3) is 5.56 Å². The Kier molecular flexibility index (Phi) is 3.06. The van der Waals surface area contributed by atoms with Gasteiger partial charge >= 0.3 is 5.69 Å². The van der Waals surface area contributed by atoms with E-state index in [2.05, 4.69) is 4.98 Å². The molecule has 6 nitrogen and oxygen atoms in total. The Hall–Kier alpha value is -1.56. The van der Waals surface area contributed by atoms with Crippen molar-refractivity contribution < 1.29 is 4.74 Å². The number of anilines is 1. The zero-order valence-electron chi connectivity index (χ0n) is 10.3. The molecule has 2 atom stereocenters. The molecule has 0 radical (unpaired) electrons. The predicted octanol–water partition coefficient (Wildman–Crippen LogP) is -0.313. The van der Waals surface area contributed by atoms with Crippen molar-refractivity contribution >= 4 is 5.82 Å². The van der Waals surface area contributed by atoms with E-state index in [4.69, 9.17) is 4.74 Å². The first-order chi connectivity index (χ1) is 7.97. The highest BCUT2D eigenvalue weighted by Gasteiger charge is 2.23. The third-order valence-corrected chi connectivity index (χ3v) is 2.89. The van der Waals surface area contributed by atoms with Crippen LogP contribution >= 0.6 is 0 Å². The monoisotopic (exact) mass is 239 g/mol. The molecule has 2 rings (SSSR count). The summed E-state index contributed by atoms with van der Waals surface area (Å²) in [6, 6.07) is 1.45. The van der Waals surface area contributed by atoms with Crippen molar-refractivity contribution in [2.24, 2.45) is 7.05 Å². The molecule has 6 heteroatoms. The Bertz CT molecular complexity index is 478. The van der Waals surface area contributed by atoms with Crippen LogP contribution in [0.15, 0.2) is 15.7 Å². The highest BCUT2D eigenvalue weighted by atomic mass is 16.5. The number of nitrogens with one attached hydrogen (secondary N) is 1. The maximum atomic E-state index is 11.6. The average molecular weight is 239 g/mol. The maximum absolute atomic E-state index is 11.6. The van der Waals surface area contributed by atoms with Crippen molar-refractivity contribution in [3.63, 3.8) is 0 Å². The smallest absolute Gasteiger partial charge is 0.329 e. The van der Waals surface area contributed by atoms with E-state index in [-0.39, 0.29) is 23.5 Å². The molecule has 1 aromatic heterocycles. The summed E-state index contributed by atoms with van der Waals surface area (Å²) >= 11 is 0. The maximum Gasteiger partial charge on any atom is 0.329 e. The molecule has 17 heavy (non-hydrogen) atoms. The van der Waals surface area contributed by atoms with Gasteiger partial charge in [-0.15, -0.1) is 0 Å². The van der Waals surface area contributed by atoms with Gasteiger partial charge in [0.1, 0.15) is 5.82 Å². The fourth-order valence-corrected chi connectivity index (χ4v) is 2.09. The number of nitrogens with zero attached hydrogens (tertiary/aromatic N) is 2. The van der Waals surface area contributed by atoms with E-state index in [1.807, 2.05) is 18.7 Å². The first kappa shape index (κ1) is 11.9. The lowest BCUT2D eigenvalue weighted by Crippen LogP contribution is -2.47. The van der Waals surface area contributed by atoms with Crippen LogP contribution in [0.4, 0.5) is 5.82 Å². The highest BCUT2D eigenvalue weighted by Crippen LogP contribution is 2.15. The summed E-state index contributed by atoms with van der Waals surface area (Å²) in [5.74, 6) is 0.570. The van der Waals surface area contributed by atoms with Gasteiger partial charge in [0, 0.05) is 26.2 Å². The molecular formula is C11H17N3O3. The minimum atomic E-state index is -0.390. The Morgan fingerprint density at radius 2 is 1.88 bits per heavy atom. The van der Waals surface area contributed by atoms with Gasteiger partial charge in [-0.2, -0.15) is 0 Å². The number of morpholine rings is 1. The minimum Gasteiger partial charge on any atom is -0.372 e. The predicted molar refractivity (Wildman–Crippen MR) is 64.5 cm³/mol. The first-order valence-electron chi connectivity index (χ1n) is 5.68. The topological polar surface area (TPSA) is 67.3 Å². The lowest BCUT2D eigenvalue weighted by molar-refractivity contribution is -0.00549. The summed E-state index contributed by atoms with van der Waals surface area (Å²) < 4.78 is 6.66. The molecule has 0 aromatic carbocycles. The van der Waals surface area contributed by atoms with Gasteiger partial charge in [-0.05, 0) is 13.8 Å². The summed E-state index contributed by atoms with van der Waals surface area (Å²) in [6.07, 6.45) is 0.178. The van der Waals surface area contributed by atoms with Crippen LogP contribution in [-0.4, -0.2) is 34.8 Å². The molecule has 94 valence electrons. The van der Waals surface area contributed by atoms with E-state index in [0.29, 0.717) is 18.9 Å². The van der Waals surface area contributed by atoms with E-state index in [0.717, 1.165) is 4.57 Å². The second kappa shape index (κ2) is 4.37. The molecule has 0 spiro atoms. The second-order valence-electron chi connectivity index (χ2n) is 4.52. The van der Waals surface area contributed by atoms with Crippen molar-refractivity contribution in [3.05, 3.63) is 26.9 Å². The van der Waals surface area contributed by atoms with Crippen molar-refractivity contribution in [3.8, 4) is 0 Å². The summed E-state index contributed by atoms with van der Waals surface area (Å²) in [4.78, 5) is 27.7. The molecule has 0 bridgehead atoms. The number of hydrogen-bond acceptors (Lipinski definition) is 4. The normalized spacial score (nSPS) is 25.0. The Morgan fingerprint density at radius 1 is 1.29 bits per heavy atom. The molecule has 1 aliphatic rings. The molecule has 1 fully saturated rings. The van der Waals surface area contributed by atoms with Crippen molar-refractivity contribution in [2.45, 2.75) is 26.1 Å². The van der Waals surface area contributed by atoms with Crippen molar-refractivity contribution in [1.29, 1.82) is 0 Å². The molecule has 0 amide bonds. The number of hydrogen-bond donors (Lipinski definition) is 1. The molecular weight excluding hydrogens is 222 g/mol. The van der Waals surface area contributed by atoms with Gasteiger partial charge in [-0.25, -0.2) is 4.79 Å². The van der Waals surface area contributed by atoms with Crippen LogP contribution in [0.1, 0.15) is 13.8 Å². The molecule has 0 unspecified atom stereocenters. The Labute approximate surface area is 98.8 Å². The first-order valence-corrected chi connectivity index (χ1v) is 5.68. The molecule has 0 aliphatic carbocycles. The van der Waals surface area contributed by atoms with Gasteiger partial charge in [0.05, 0.1) is 12.2 Å². The molecule has 1 aromatic rings. The zero-order chi connectivity index (χ0) is 12.6. The van der Waals surface area contributed by atoms with E-state index in [1.165, 1.54) is 13.1 Å². The number of rotatable bonds is 1. The van der Waals surface area contributed by atoms with Gasteiger partial charge in [-0.3, -0.25) is 14.3 Å². The van der Waals surface area contributed by atoms with E-state index >= 15 is 0 Å². The van der Waals surface area contributed by atoms with Crippen LogP contribution in [0, 0.1) is 0 Å². The standard InChI is InChI=1S/C11H17N3O3/c1-7-5-14(6-8(2)17-7)9-4-10(15)13(3)11(16)12-9/h4,7-8H,5-6H2,1-3H3,(H,12,16)/t7-,8-/m0/s1. The molecule has 1 saturated heterocycles. The van der Waals surface area contributed by atoms with Crippen LogP contribution in [0.25, 0.3) is 0 Å². The van der Waals surface area contributed by atoms with Crippen molar-refractivity contribution in [1.82, 2.24) is 9.55 Å². The van der Waals surface area contributed by atoms with Gasteiger partial charge in [-0.1, -0.05) is 0 Å². The van der Waals surface area contributed by atoms with E-state index in [1.54, 1.807) is 0 Å². The molecule has 1 aliphatic heterocycles. The third-order valence-electron chi connectivity index (χ3n) is 2.89. The van der Waals surface area contributed by atoms with Gasteiger partial charge in [0.2, 0.25) is 0 Å². The van der Waals surface area contributed by atoms with Gasteiger partial charge < -0.3 is 9.64 Å². The summed E-state index contributed by atoms with van der Waals surface area (Å²) in [5.41, 5.74) is -0.685. The fourth-order valence-electron chi connectivity index (χ4n) is 2.09. The fraction of sp³-hybridized carbons (Fsp3) is 0.636. The van der Waals surface area contributed by atoms with E-state index < -0.39 is 0 Å². The Balaban J connectivity index is 2.34. The number of aromatic nitrogens is 2. The summed E-state index contributed by atoms with van der Waals surface area (Å²) in [5, 5.41) is 0. The van der Waals surface area contributed by atoms with Crippen molar-refractivity contribution in [2.75, 3.05) is 18.0 Å². The number of ether oxygens (including phenoxy) is 1. The van der Waals surface area contributed by atoms with Crippen LogP contribution in [0.2, 0.25) is 0 Å². The molecule has 2 heterocycles. The van der Waals surface area contributed by atoms with Crippen LogP contribution in [0.3, 0.4) is 0 Å². The quantitative estimate of drug-likeness (QED) is 0.730. The van der Waals surface area contributed by atoms with Crippen LogP contribution < -0.4 is 16.1 Å². The summed E-state index contributed by atoms with van der Waals surface area (Å²) in [7, 11) is 1.45. The molecule has 1 N–H and O–H groups in total. The lowest BCUT2D eigenvalue weighted by atomic mass is 10.2. The average Bonchev–Trinajstić information content (AvgIpc) is 2.23. The third kappa shape index (κ3) is 2.41. The minimum absolute atomic E-state index is 0.0892. The highest BCUT2D eigenvalue weighted by molar-refractivity contribution is 5.37. The van der Waals surface area contributed by atoms with Gasteiger partial charge in [0.15, 0.2) is 0 Å². The molecule has 0 saturated carbocycles. The number of aromatic amines is 1.